The number of carbonyl (C=O) groups is 1. The second-order valence-electron chi connectivity index (χ2n) is 9.32. The number of piperazine rings is 1. The van der Waals surface area contributed by atoms with Gasteiger partial charge < -0.3 is 19.8 Å². The van der Waals surface area contributed by atoms with Crippen molar-refractivity contribution in [3.8, 4) is 0 Å². The van der Waals surface area contributed by atoms with Crippen LogP contribution in [0.3, 0.4) is 0 Å². The average molecular weight is 499 g/mol. The second kappa shape index (κ2) is 12.2. The number of carbonyl (C=O) groups excluding carboxylic acids is 1. The monoisotopic (exact) mass is 498 g/mol. The lowest BCUT2D eigenvalue weighted by atomic mass is 9.91. The largest absolute Gasteiger partial charge is 0.368 e. The van der Waals surface area contributed by atoms with Gasteiger partial charge in [0, 0.05) is 54.7 Å². The van der Waals surface area contributed by atoms with Crippen LogP contribution in [-0.4, -0.2) is 50.1 Å². The predicted molar refractivity (Wildman–Crippen MR) is 150 cm³/mol. The third-order valence-corrected chi connectivity index (χ3v) is 8.60. The number of hydrogen-bond donors (Lipinski definition) is 2. The van der Waals surface area contributed by atoms with E-state index in [9.17, 15) is 4.79 Å². The quantitative estimate of drug-likeness (QED) is 0.204. The van der Waals surface area contributed by atoms with Gasteiger partial charge in [-0.15, -0.1) is 11.8 Å². The van der Waals surface area contributed by atoms with Crippen molar-refractivity contribution < 1.29 is 4.79 Å². The number of nitrogens with zero attached hydrogens (tertiary/aromatic N) is 2. The van der Waals surface area contributed by atoms with Crippen molar-refractivity contribution in [2.45, 2.75) is 62.4 Å². The predicted octanol–water partition coefficient (Wildman–Crippen LogP) is 6.27. The molecule has 0 aromatic heterocycles. The highest BCUT2D eigenvalue weighted by molar-refractivity contribution is 8.00. The van der Waals surface area contributed by atoms with Gasteiger partial charge in [-0.25, -0.2) is 0 Å². The van der Waals surface area contributed by atoms with E-state index < -0.39 is 0 Å². The van der Waals surface area contributed by atoms with Crippen molar-refractivity contribution >= 4 is 46.7 Å². The molecule has 184 valence electrons. The number of benzene rings is 2. The minimum atomic E-state index is -0.0677. The third-order valence-electron chi connectivity index (χ3n) is 6.75. The Labute approximate surface area is 213 Å². The molecule has 2 aromatic rings. The number of fused-ring (bicyclic) bond motifs is 2. The lowest BCUT2D eigenvalue weighted by molar-refractivity contribution is 0.102. The summed E-state index contributed by atoms with van der Waals surface area (Å²) in [6, 6.07) is 15.7. The van der Waals surface area contributed by atoms with E-state index in [0.29, 0.717) is 17.6 Å². The normalized spacial score (nSPS) is 19.0. The first-order valence-electron chi connectivity index (χ1n) is 12.5. The van der Waals surface area contributed by atoms with Gasteiger partial charge in [0.15, 0.2) is 0 Å². The highest BCUT2D eigenvalue weighted by Gasteiger charge is 2.36. The molecule has 0 saturated carbocycles. The second-order valence-corrected chi connectivity index (χ2v) is 11.4. The molecule has 3 heterocycles. The number of rotatable bonds is 12. The smallest absolute Gasteiger partial charge is 0.257 e. The van der Waals surface area contributed by atoms with Crippen molar-refractivity contribution in [3.63, 3.8) is 0 Å². The Hall–Kier alpha value is -1.83. The Bertz CT molecular complexity index is 936. The number of anilines is 3. The van der Waals surface area contributed by atoms with Crippen LogP contribution in [0, 0.1) is 0 Å². The summed E-state index contributed by atoms with van der Waals surface area (Å²) >= 11 is 3.51. The van der Waals surface area contributed by atoms with Crippen LogP contribution >= 0.6 is 23.7 Å². The molecule has 1 amide bonds. The summed E-state index contributed by atoms with van der Waals surface area (Å²) < 4.78 is 2.07. The fraction of sp³-hybridized carbons (Fsp3) is 0.519. The van der Waals surface area contributed by atoms with Crippen molar-refractivity contribution in [2.75, 3.05) is 46.7 Å². The molecule has 2 N–H and O–H groups in total. The van der Waals surface area contributed by atoms with Crippen LogP contribution in [0.2, 0.25) is 0 Å². The minimum absolute atomic E-state index is 0.0677. The van der Waals surface area contributed by atoms with Gasteiger partial charge in [-0.1, -0.05) is 44.6 Å². The lowest BCUT2D eigenvalue weighted by Gasteiger charge is -2.49. The molecule has 3 saturated heterocycles. The first-order valence-corrected chi connectivity index (χ1v) is 14.7. The van der Waals surface area contributed by atoms with Crippen LogP contribution in [0.4, 0.5) is 17.1 Å². The molecule has 34 heavy (non-hydrogen) atoms. The number of piperidine rings is 1. The van der Waals surface area contributed by atoms with E-state index in [1.165, 1.54) is 49.1 Å². The Morgan fingerprint density at radius 3 is 2.47 bits per heavy atom. The summed E-state index contributed by atoms with van der Waals surface area (Å²) in [4.78, 5) is 16.9. The lowest BCUT2D eigenvalue weighted by Crippen LogP contribution is -2.67. The van der Waals surface area contributed by atoms with Crippen molar-refractivity contribution in [1.82, 2.24) is 5.32 Å². The van der Waals surface area contributed by atoms with Crippen LogP contribution in [0.5, 0.6) is 0 Å². The molecule has 3 aliphatic rings. The standard InChI is InChI=1S/C27H38N4OS2/c1-4-5-6-7-8-15-34-24-12-9-20(10-13-24)29-27(32)25-14-11-23(17-26(25)30(2)33-3)31-18-21-16-22(19-31)28-21/h9-14,17,21-22,28H,4-8,15-16,18-19H2,1-3H3,(H,29,32). The van der Waals surface area contributed by atoms with Gasteiger partial charge in [-0.3, -0.25) is 4.79 Å². The summed E-state index contributed by atoms with van der Waals surface area (Å²) in [5, 5.41) is 6.69. The molecule has 0 radical (unpaired) electrons. The van der Waals surface area contributed by atoms with E-state index in [0.717, 1.165) is 30.2 Å². The number of nitrogens with one attached hydrogen (secondary N) is 2. The van der Waals surface area contributed by atoms with Gasteiger partial charge in [-0.05, 0) is 61.1 Å². The first kappa shape index (κ1) is 25.3. The molecule has 2 atom stereocenters. The Morgan fingerprint density at radius 1 is 1.09 bits per heavy atom. The Morgan fingerprint density at radius 2 is 1.79 bits per heavy atom. The third kappa shape index (κ3) is 6.43. The number of hydrogen-bond acceptors (Lipinski definition) is 6. The fourth-order valence-corrected chi connectivity index (χ4v) is 5.98. The SMILES string of the molecule is CCCCCCCSc1ccc(NC(=O)c2ccc(N3CC4CC(C3)N4)cc2N(C)SC)cc1. The zero-order valence-corrected chi connectivity index (χ0v) is 22.3. The highest BCUT2D eigenvalue weighted by atomic mass is 32.2. The van der Waals surface area contributed by atoms with E-state index in [1.807, 2.05) is 43.3 Å². The molecular formula is C27H38N4OS2. The van der Waals surface area contributed by atoms with Crippen molar-refractivity contribution in [1.29, 1.82) is 0 Å². The molecule has 7 heteroatoms. The minimum Gasteiger partial charge on any atom is -0.368 e. The summed E-state index contributed by atoms with van der Waals surface area (Å²) in [7, 11) is 2.02. The number of thioether (sulfide) groups is 1. The Kier molecular flexibility index (Phi) is 9.09. The molecule has 3 aliphatic heterocycles. The molecule has 5 rings (SSSR count). The van der Waals surface area contributed by atoms with Gasteiger partial charge in [0.2, 0.25) is 0 Å². The molecule has 2 unspecified atom stereocenters. The van der Waals surface area contributed by atoms with Gasteiger partial charge in [0.05, 0.1) is 11.3 Å². The molecular weight excluding hydrogens is 460 g/mol. The van der Waals surface area contributed by atoms with Gasteiger partial charge in [0.1, 0.15) is 0 Å². The van der Waals surface area contributed by atoms with Crippen LogP contribution in [0.1, 0.15) is 55.8 Å². The van der Waals surface area contributed by atoms with Crippen molar-refractivity contribution in [2.24, 2.45) is 0 Å². The fourth-order valence-electron chi connectivity index (χ4n) is 4.72. The number of unbranched alkanes of at least 4 members (excludes halogenated alkanes) is 4. The van der Waals surface area contributed by atoms with Gasteiger partial charge in [0.25, 0.3) is 5.91 Å². The van der Waals surface area contributed by atoms with E-state index >= 15 is 0 Å². The van der Waals surface area contributed by atoms with Gasteiger partial charge in [-0.2, -0.15) is 0 Å². The molecule has 3 fully saturated rings. The first-order chi connectivity index (χ1) is 16.6. The molecule has 2 bridgehead atoms. The highest BCUT2D eigenvalue weighted by Crippen LogP contribution is 2.33. The summed E-state index contributed by atoms with van der Waals surface area (Å²) in [5.74, 6) is 1.09. The summed E-state index contributed by atoms with van der Waals surface area (Å²) in [6.07, 6.45) is 9.87. The van der Waals surface area contributed by atoms with Crippen molar-refractivity contribution in [3.05, 3.63) is 48.0 Å². The molecule has 0 spiro atoms. The average Bonchev–Trinajstić information content (AvgIpc) is 2.86. The summed E-state index contributed by atoms with van der Waals surface area (Å²) in [6.45, 7) is 4.32. The zero-order chi connectivity index (χ0) is 23.9. The topological polar surface area (TPSA) is 47.6 Å². The molecule has 2 aromatic carbocycles. The molecule has 0 aliphatic carbocycles. The number of amides is 1. The van der Waals surface area contributed by atoms with E-state index in [1.54, 1.807) is 11.9 Å². The maximum Gasteiger partial charge on any atom is 0.257 e. The van der Waals surface area contributed by atoms with E-state index in [4.69, 9.17) is 0 Å². The van der Waals surface area contributed by atoms with E-state index in [2.05, 4.69) is 51.0 Å². The van der Waals surface area contributed by atoms with Crippen LogP contribution in [-0.2, 0) is 0 Å². The van der Waals surface area contributed by atoms with Crippen LogP contribution in [0.15, 0.2) is 47.4 Å². The maximum atomic E-state index is 13.2. The van der Waals surface area contributed by atoms with Gasteiger partial charge >= 0.3 is 0 Å². The Balaban J connectivity index is 1.37. The van der Waals surface area contributed by atoms with Crippen LogP contribution in [0.25, 0.3) is 0 Å². The molecule has 5 nitrogen and oxygen atoms in total. The summed E-state index contributed by atoms with van der Waals surface area (Å²) in [5.41, 5.74) is 3.68. The van der Waals surface area contributed by atoms with Crippen LogP contribution < -0.4 is 19.8 Å². The van der Waals surface area contributed by atoms with E-state index in [-0.39, 0.29) is 5.91 Å². The zero-order valence-electron chi connectivity index (χ0n) is 20.7. The maximum absolute atomic E-state index is 13.2.